The fourth-order valence-electron chi connectivity index (χ4n) is 14.1. The van der Waals surface area contributed by atoms with Gasteiger partial charge in [0.2, 0.25) is 5.91 Å². The van der Waals surface area contributed by atoms with Crippen LogP contribution in [-0.2, 0) is 43.1 Å². The second-order valence-corrected chi connectivity index (χ2v) is 22.5. The van der Waals surface area contributed by atoms with E-state index in [1.165, 1.54) is 49.5 Å². The number of benzene rings is 5. The number of amides is 3. The highest BCUT2D eigenvalue weighted by molar-refractivity contribution is 5.91. The van der Waals surface area contributed by atoms with Crippen LogP contribution in [0, 0.1) is 5.41 Å². The Morgan fingerprint density at radius 2 is 1.42 bits per heavy atom. The Morgan fingerprint density at radius 3 is 2.18 bits per heavy atom. The maximum absolute atomic E-state index is 14.4. The van der Waals surface area contributed by atoms with Gasteiger partial charge in [0.25, 0.3) is 11.7 Å². The molecule has 3 spiro atoms. The molecule has 3 saturated heterocycles. The molecule has 15 heteroatoms. The molecule has 7 aromatic rings. The minimum atomic E-state index is -0.895. The number of alkyl carbamates (subject to hydrolysis) is 1. The van der Waals surface area contributed by atoms with Crippen molar-refractivity contribution in [3.8, 4) is 45.0 Å². The van der Waals surface area contributed by atoms with Gasteiger partial charge in [0.1, 0.15) is 17.7 Å². The SMILES string of the molecule is COC(=O)N[C@H](C(=O)N1CCC[C@@H]1c1ncc(-c2ccc(-c3ccc(-c4ccc5nc([C@@H]6CC7(CN6C(=O)Cc6ccccc6)OCCO7)[nH]c5c4)c4c3OC3(CCCC3)O4)c3c2CC2(CCCC2)C3)[nH]1)c1ccccc1. The first kappa shape index (κ1) is 47.9. The number of carbonyl (C=O) groups excluding carboxylic acids is 3. The predicted molar refractivity (Wildman–Crippen MR) is 288 cm³/mol. The third-order valence-corrected chi connectivity index (χ3v) is 17.9. The number of nitrogens with one attached hydrogen (secondary N) is 3. The van der Waals surface area contributed by atoms with Crippen LogP contribution in [0.2, 0.25) is 0 Å². The van der Waals surface area contributed by atoms with Crippen molar-refractivity contribution in [1.29, 1.82) is 0 Å². The molecule has 4 aliphatic heterocycles. The molecule has 0 bridgehead atoms. The Bertz CT molecular complexity index is 3430. The van der Waals surface area contributed by atoms with Crippen LogP contribution < -0.4 is 14.8 Å². The third-order valence-electron chi connectivity index (χ3n) is 17.9. The highest BCUT2D eigenvalue weighted by Gasteiger charge is 2.52. The summed E-state index contributed by atoms with van der Waals surface area (Å²) in [5, 5.41) is 2.79. The van der Waals surface area contributed by atoms with Gasteiger partial charge in [-0.25, -0.2) is 14.8 Å². The average molecular weight is 1030 g/mol. The molecule has 394 valence electrons. The fraction of sp³-hybridized carbons (Fsp3) is 0.403. The normalized spacial score (nSPS) is 21.7. The van der Waals surface area contributed by atoms with Gasteiger partial charge in [-0.1, -0.05) is 91.7 Å². The van der Waals surface area contributed by atoms with E-state index in [1.54, 1.807) is 0 Å². The molecule has 0 radical (unpaired) electrons. The van der Waals surface area contributed by atoms with Crippen molar-refractivity contribution < 1.29 is 38.1 Å². The smallest absolute Gasteiger partial charge is 0.407 e. The number of aromatic nitrogens is 4. The van der Waals surface area contributed by atoms with Gasteiger partial charge in [-0.3, -0.25) is 9.59 Å². The highest BCUT2D eigenvalue weighted by Crippen LogP contribution is 2.58. The molecule has 3 amide bonds. The molecule has 3 atom stereocenters. The molecule has 5 aromatic carbocycles. The molecular formula is C62H63N7O8. The lowest BCUT2D eigenvalue weighted by molar-refractivity contribution is -0.152. The summed E-state index contributed by atoms with van der Waals surface area (Å²) in [7, 11) is 1.31. The minimum absolute atomic E-state index is 0.00720. The second-order valence-electron chi connectivity index (χ2n) is 22.5. The van der Waals surface area contributed by atoms with Gasteiger partial charge >= 0.3 is 6.09 Å². The van der Waals surface area contributed by atoms with Gasteiger partial charge < -0.3 is 48.8 Å². The van der Waals surface area contributed by atoms with Crippen LogP contribution in [0.25, 0.3) is 44.5 Å². The molecule has 3 N–H and O–H groups in total. The summed E-state index contributed by atoms with van der Waals surface area (Å²) in [6.45, 7) is 1.89. The van der Waals surface area contributed by atoms with Gasteiger partial charge in [-0.15, -0.1) is 0 Å². The highest BCUT2D eigenvalue weighted by atomic mass is 16.7. The van der Waals surface area contributed by atoms with Crippen LogP contribution >= 0.6 is 0 Å². The molecule has 2 saturated carbocycles. The van der Waals surface area contributed by atoms with E-state index in [4.69, 9.17) is 33.7 Å². The van der Waals surface area contributed by atoms with E-state index in [0.29, 0.717) is 44.1 Å². The molecule has 14 rings (SSSR count). The summed E-state index contributed by atoms with van der Waals surface area (Å²) in [6.07, 6.45) is 14.2. The number of ether oxygens (including phenoxy) is 5. The monoisotopic (exact) mass is 1030 g/mol. The molecule has 15 nitrogen and oxygen atoms in total. The zero-order valence-electron chi connectivity index (χ0n) is 43.4. The number of methoxy groups -OCH3 is 1. The third kappa shape index (κ3) is 8.44. The number of hydrogen-bond donors (Lipinski definition) is 3. The van der Waals surface area contributed by atoms with Crippen molar-refractivity contribution in [2.24, 2.45) is 5.41 Å². The Morgan fingerprint density at radius 1 is 0.727 bits per heavy atom. The second kappa shape index (κ2) is 18.9. The number of nitrogens with zero attached hydrogens (tertiary/aromatic N) is 4. The Balaban J connectivity index is 0.795. The van der Waals surface area contributed by atoms with Gasteiger partial charge in [0.15, 0.2) is 17.3 Å². The van der Waals surface area contributed by atoms with Crippen LogP contribution in [0.3, 0.4) is 0 Å². The summed E-state index contributed by atoms with van der Waals surface area (Å²) >= 11 is 0. The summed E-state index contributed by atoms with van der Waals surface area (Å²) in [6, 6.07) is 32.9. The number of likely N-dealkylation sites (tertiary alicyclic amines) is 2. The minimum Gasteiger partial charge on any atom is -0.453 e. The van der Waals surface area contributed by atoms with E-state index in [-0.39, 0.29) is 35.7 Å². The van der Waals surface area contributed by atoms with Crippen LogP contribution in [0.15, 0.2) is 109 Å². The van der Waals surface area contributed by atoms with Crippen molar-refractivity contribution in [1.82, 2.24) is 35.1 Å². The molecular weight excluding hydrogens is 971 g/mol. The topological polar surface area (TPSA) is 173 Å². The number of imidazole rings is 2. The molecule has 2 aromatic heterocycles. The van der Waals surface area contributed by atoms with E-state index < -0.39 is 23.7 Å². The molecule has 3 aliphatic carbocycles. The van der Waals surface area contributed by atoms with E-state index in [9.17, 15) is 14.4 Å². The standard InChI is InChI=1S/C62H63N7O8/c1-73-59(72)67-53(39-15-6-3-7-16-39)58(71)68-28-12-17-50(68)56-63-36-49(66-56)43-21-20-42(45-33-60(34-46(43)45)24-8-9-25-60)44-22-19-41(54-55(44)77-61(76-54)26-10-11-27-61)40-18-23-47-48(32-40)65-57(64-47)51-35-62(74-29-30-75-62)37-69(51)52(70)31-38-13-4-2-5-14-38/h2-7,13-16,18-23,32,36,50-51,53H,8-12,17,24-31,33-35,37H2,1H3,(H,63,66)(H,64,65)(H,67,72)/t50-,51+,53+/m1/s1. The quantitative estimate of drug-likeness (QED) is 0.120. The molecule has 0 unspecified atom stereocenters. The first-order chi connectivity index (χ1) is 37.7. The predicted octanol–water partition coefficient (Wildman–Crippen LogP) is 11.0. The lowest BCUT2D eigenvalue weighted by atomic mass is 9.82. The summed E-state index contributed by atoms with van der Waals surface area (Å²) in [5.74, 6) is 1.26. The number of carbonyl (C=O) groups is 3. The molecule has 5 fully saturated rings. The average Bonchev–Trinajstić information content (AvgIpc) is 4.37. The largest absolute Gasteiger partial charge is 0.453 e. The fourth-order valence-corrected chi connectivity index (χ4v) is 14.1. The Labute approximate surface area is 447 Å². The van der Waals surface area contributed by atoms with Crippen LogP contribution in [-0.4, -0.2) is 92.6 Å². The maximum atomic E-state index is 14.4. The molecule has 77 heavy (non-hydrogen) atoms. The number of H-pyrrole nitrogens is 2. The van der Waals surface area contributed by atoms with E-state index in [1.807, 2.05) is 76.7 Å². The summed E-state index contributed by atoms with van der Waals surface area (Å²) in [5.41, 5.74) is 12.5. The summed E-state index contributed by atoms with van der Waals surface area (Å²) in [4.78, 5) is 62.1. The van der Waals surface area contributed by atoms with Crippen molar-refractivity contribution >= 4 is 28.9 Å². The van der Waals surface area contributed by atoms with E-state index in [0.717, 1.165) is 113 Å². The van der Waals surface area contributed by atoms with Gasteiger partial charge in [-0.2, -0.15) is 0 Å². The zero-order valence-corrected chi connectivity index (χ0v) is 43.4. The van der Waals surface area contributed by atoms with E-state index >= 15 is 0 Å². The van der Waals surface area contributed by atoms with Crippen molar-refractivity contribution in [3.05, 3.63) is 143 Å². The number of fused-ring (bicyclic) bond motifs is 3. The van der Waals surface area contributed by atoms with Crippen LogP contribution in [0.5, 0.6) is 11.5 Å². The van der Waals surface area contributed by atoms with E-state index in [2.05, 4.69) is 57.7 Å². The Kier molecular flexibility index (Phi) is 11.8. The van der Waals surface area contributed by atoms with Gasteiger partial charge in [0, 0.05) is 42.5 Å². The van der Waals surface area contributed by atoms with Crippen molar-refractivity contribution in [2.75, 3.05) is 33.4 Å². The lowest BCUT2D eigenvalue weighted by Crippen LogP contribution is -2.42. The first-order valence-corrected chi connectivity index (χ1v) is 27.7. The molecule has 7 aliphatic rings. The summed E-state index contributed by atoms with van der Waals surface area (Å²) < 4.78 is 31.6. The van der Waals surface area contributed by atoms with Crippen LogP contribution in [0.4, 0.5) is 4.79 Å². The van der Waals surface area contributed by atoms with Gasteiger partial charge in [-0.05, 0) is 114 Å². The Hall–Kier alpha value is -7.49. The number of aromatic amines is 2. The zero-order chi connectivity index (χ0) is 51.9. The first-order valence-electron chi connectivity index (χ1n) is 27.7. The van der Waals surface area contributed by atoms with Crippen LogP contribution in [0.1, 0.15) is 123 Å². The molecule has 6 heterocycles. The van der Waals surface area contributed by atoms with Crippen molar-refractivity contribution in [2.45, 2.75) is 120 Å². The number of rotatable bonds is 10. The van der Waals surface area contributed by atoms with Crippen molar-refractivity contribution in [3.63, 3.8) is 0 Å². The van der Waals surface area contributed by atoms with Gasteiger partial charge in [0.05, 0.1) is 68.3 Å². The maximum Gasteiger partial charge on any atom is 0.407 e. The lowest BCUT2D eigenvalue weighted by Gasteiger charge is -2.28. The number of hydrogen-bond acceptors (Lipinski definition) is 10.